The molecule has 8 nitrogen and oxygen atoms in total. The summed E-state index contributed by atoms with van der Waals surface area (Å²) in [5.41, 5.74) is 1.04. The van der Waals surface area contributed by atoms with Gasteiger partial charge in [-0.3, -0.25) is 14.0 Å². The number of aromatic nitrogens is 3. The fourth-order valence-corrected chi connectivity index (χ4v) is 3.37. The highest BCUT2D eigenvalue weighted by Gasteiger charge is 2.42. The highest BCUT2D eigenvalue weighted by atomic mass is 16.4. The zero-order chi connectivity index (χ0) is 17.4. The van der Waals surface area contributed by atoms with Gasteiger partial charge in [-0.25, -0.2) is 4.79 Å². The Morgan fingerprint density at radius 2 is 2.16 bits per heavy atom. The summed E-state index contributed by atoms with van der Waals surface area (Å²) in [5, 5.41) is 10.6. The second-order valence-corrected chi connectivity index (χ2v) is 6.30. The predicted octanol–water partition coefficient (Wildman–Crippen LogP) is 1.05. The summed E-state index contributed by atoms with van der Waals surface area (Å²) in [6, 6.07) is 7.00. The average Bonchev–Trinajstić information content (AvgIpc) is 3.26. The summed E-state index contributed by atoms with van der Waals surface area (Å²) in [6.45, 7) is 1.51. The molecular formula is C17H19N5O3. The summed E-state index contributed by atoms with van der Waals surface area (Å²) in [5.74, 6) is -0.532. The van der Waals surface area contributed by atoms with Gasteiger partial charge in [0.25, 0.3) is 5.91 Å². The lowest BCUT2D eigenvalue weighted by Crippen LogP contribution is -2.52. The number of oxazole rings is 1. The second kappa shape index (κ2) is 5.89. The minimum atomic E-state index is -0.716. The summed E-state index contributed by atoms with van der Waals surface area (Å²) in [7, 11) is 1.64. The third-order valence-corrected chi connectivity index (χ3v) is 4.85. The van der Waals surface area contributed by atoms with Gasteiger partial charge in [0.05, 0.1) is 5.52 Å². The van der Waals surface area contributed by atoms with Gasteiger partial charge in [0, 0.05) is 25.1 Å². The number of nitrogens with zero attached hydrogens (tertiary/aromatic N) is 3. The Balaban J connectivity index is 1.68. The van der Waals surface area contributed by atoms with E-state index in [9.17, 15) is 9.59 Å². The molecule has 1 aromatic carbocycles. The van der Waals surface area contributed by atoms with Crippen molar-refractivity contribution in [1.29, 1.82) is 0 Å². The van der Waals surface area contributed by atoms with Gasteiger partial charge in [-0.1, -0.05) is 0 Å². The van der Waals surface area contributed by atoms with E-state index in [1.165, 1.54) is 4.57 Å². The van der Waals surface area contributed by atoms with E-state index < -0.39 is 11.3 Å². The molecule has 1 aliphatic rings. The van der Waals surface area contributed by atoms with Gasteiger partial charge >= 0.3 is 5.76 Å². The Kier molecular flexibility index (Phi) is 3.69. The molecule has 3 heterocycles. The van der Waals surface area contributed by atoms with E-state index in [0.717, 1.165) is 13.1 Å². The molecule has 1 aliphatic heterocycles. The number of hydrogen-bond acceptors (Lipinski definition) is 5. The molecule has 0 aliphatic carbocycles. The molecule has 1 amide bonds. The number of carbonyl (C=O) groups excluding carboxylic acids is 1. The Morgan fingerprint density at radius 1 is 1.36 bits per heavy atom. The molecule has 3 aromatic rings. The molecule has 4 rings (SSSR count). The Labute approximate surface area is 143 Å². The lowest BCUT2D eigenvalue weighted by atomic mass is 9.87. The van der Waals surface area contributed by atoms with Gasteiger partial charge in [-0.2, -0.15) is 5.10 Å². The van der Waals surface area contributed by atoms with Crippen LogP contribution in [0.2, 0.25) is 0 Å². The summed E-state index contributed by atoms with van der Waals surface area (Å²) in [4.78, 5) is 24.7. The number of piperidine rings is 1. The van der Waals surface area contributed by atoms with Gasteiger partial charge in [-0.05, 0) is 50.2 Å². The SMILES string of the molecule is Cn1c(=O)oc2ccc(NC(=O)C3(n4cccn4)CCNCC3)cc21. The van der Waals surface area contributed by atoms with Crippen molar-refractivity contribution in [3.05, 3.63) is 47.2 Å². The van der Waals surface area contributed by atoms with Crippen molar-refractivity contribution in [2.45, 2.75) is 18.4 Å². The maximum Gasteiger partial charge on any atom is 0.419 e. The zero-order valence-electron chi connectivity index (χ0n) is 13.9. The van der Waals surface area contributed by atoms with Crippen LogP contribution < -0.4 is 16.4 Å². The van der Waals surface area contributed by atoms with Crippen molar-refractivity contribution in [3.8, 4) is 0 Å². The molecule has 1 fully saturated rings. The molecule has 8 heteroatoms. The number of amides is 1. The van der Waals surface area contributed by atoms with E-state index in [1.807, 2.05) is 12.3 Å². The van der Waals surface area contributed by atoms with Gasteiger partial charge in [0.1, 0.15) is 5.54 Å². The molecule has 0 bridgehead atoms. The molecule has 1 saturated heterocycles. The van der Waals surface area contributed by atoms with Crippen LogP contribution in [0.25, 0.3) is 11.1 Å². The number of benzene rings is 1. The largest absolute Gasteiger partial charge is 0.419 e. The van der Waals surface area contributed by atoms with Crippen LogP contribution in [-0.4, -0.2) is 33.3 Å². The molecule has 0 saturated carbocycles. The van der Waals surface area contributed by atoms with Crippen LogP contribution in [0, 0.1) is 0 Å². The summed E-state index contributed by atoms with van der Waals surface area (Å²) < 4.78 is 8.29. The fourth-order valence-electron chi connectivity index (χ4n) is 3.37. The van der Waals surface area contributed by atoms with Crippen LogP contribution in [0.1, 0.15) is 12.8 Å². The number of rotatable bonds is 3. The van der Waals surface area contributed by atoms with Gasteiger partial charge in [0.15, 0.2) is 5.58 Å². The zero-order valence-corrected chi connectivity index (χ0v) is 13.9. The topological polar surface area (TPSA) is 94.1 Å². The first-order chi connectivity index (χ1) is 12.1. The maximum absolute atomic E-state index is 13.1. The first kappa shape index (κ1) is 15.6. The van der Waals surface area contributed by atoms with Crippen molar-refractivity contribution in [3.63, 3.8) is 0 Å². The number of fused-ring (bicyclic) bond motifs is 1. The number of carbonyl (C=O) groups is 1. The lowest BCUT2D eigenvalue weighted by molar-refractivity contribution is -0.126. The van der Waals surface area contributed by atoms with E-state index in [-0.39, 0.29) is 5.91 Å². The van der Waals surface area contributed by atoms with Crippen LogP contribution in [0.3, 0.4) is 0 Å². The molecule has 130 valence electrons. The first-order valence-corrected chi connectivity index (χ1v) is 8.22. The molecular weight excluding hydrogens is 322 g/mol. The standard InChI is InChI=1S/C17H19N5O3/c1-21-13-11-12(3-4-14(13)25-16(21)24)20-15(23)17(5-8-18-9-6-17)22-10-2-7-19-22/h2-4,7,10-11,18H,5-6,8-9H2,1H3,(H,20,23). The van der Waals surface area contributed by atoms with Crippen molar-refractivity contribution in [2.75, 3.05) is 18.4 Å². The maximum atomic E-state index is 13.1. The van der Waals surface area contributed by atoms with Crippen LogP contribution in [0.15, 0.2) is 45.9 Å². The van der Waals surface area contributed by atoms with E-state index in [4.69, 9.17) is 4.42 Å². The molecule has 0 unspecified atom stereocenters. The Bertz CT molecular complexity index is 964. The third-order valence-electron chi connectivity index (χ3n) is 4.85. The number of hydrogen-bond donors (Lipinski definition) is 2. The first-order valence-electron chi connectivity index (χ1n) is 8.22. The van der Waals surface area contributed by atoms with Crippen molar-refractivity contribution in [1.82, 2.24) is 19.7 Å². The van der Waals surface area contributed by atoms with Crippen LogP contribution in [0.5, 0.6) is 0 Å². The van der Waals surface area contributed by atoms with E-state index in [1.54, 1.807) is 36.1 Å². The lowest BCUT2D eigenvalue weighted by Gasteiger charge is -2.36. The monoisotopic (exact) mass is 341 g/mol. The molecule has 25 heavy (non-hydrogen) atoms. The van der Waals surface area contributed by atoms with E-state index in [2.05, 4.69) is 15.7 Å². The van der Waals surface area contributed by atoms with Gasteiger partial charge in [-0.15, -0.1) is 0 Å². The minimum Gasteiger partial charge on any atom is -0.408 e. The molecule has 0 spiro atoms. The smallest absolute Gasteiger partial charge is 0.408 e. The highest BCUT2D eigenvalue weighted by Crippen LogP contribution is 2.29. The number of anilines is 1. The molecule has 0 atom stereocenters. The number of aryl methyl sites for hydroxylation is 1. The predicted molar refractivity (Wildman–Crippen MR) is 92.4 cm³/mol. The molecule has 2 aromatic heterocycles. The van der Waals surface area contributed by atoms with Gasteiger partial charge in [0.2, 0.25) is 0 Å². The second-order valence-electron chi connectivity index (χ2n) is 6.30. The summed E-state index contributed by atoms with van der Waals surface area (Å²) >= 11 is 0. The third kappa shape index (κ3) is 2.54. The fraction of sp³-hybridized carbons (Fsp3) is 0.353. The van der Waals surface area contributed by atoms with Crippen molar-refractivity contribution >= 4 is 22.7 Å². The Morgan fingerprint density at radius 3 is 2.88 bits per heavy atom. The van der Waals surface area contributed by atoms with Crippen molar-refractivity contribution < 1.29 is 9.21 Å². The minimum absolute atomic E-state index is 0.106. The molecule has 2 N–H and O–H groups in total. The van der Waals surface area contributed by atoms with Crippen LogP contribution in [-0.2, 0) is 17.4 Å². The molecule has 0 radical (unpaired) electrons. The summed E-state index contributed by atoms with van der Waals surface area (Å²) in [6.07, 6.45) is 4.83. The van der Waals surface area contributed by atoms with Gasteiger partial charge < -0.3 is 15.1 Å². The van der Waals surface area contributed by atoms with Crippen LogP contribution >= 0.6 is 0 Å². The van der Waals surface area contributed by atoms with E-state index >= 15 is 0 Å². The van der Waals surface area contributed by atoms with E-state index in [0.29, 0.717) is 29.6 Å². The highest BCUT2D eigenvalue weighted by molar-refractivity contribution is 5.98. The quantitative estimate of drug-likeness (QED) is 0.742. The van der Waals surface area contributed by atoms with Crippen molar-refractivity contribution in [2.24, 2.45) is 7.05 Å². The average molecular weight is 341 g/mol. The van der Waals surface area contributed by atoms with Crippen LogP contribution in [0.4, 0.5) is 5.69 Å². The Hall–Kier alpha value is -2.87. The number of nitrogens with one attached hydrogen (secondary N) is 2. The normalized spacial score (nSPS) is 16.8.